The second kappa shape index (κ2) is 3.95. The van der Waals surface area contributed by atoms with E-state index in [-0.39, 0.29) is 12.3 Å². The molecule has 1 atom stereocenters. The van der Waals surface area contributed by atoms with Crippen LogP contribution in [0, 0.1) is 0 Å². The van der Waals surface area contributed by atoms with Crippen molar-refractivity contribution >= 4 is 39.8 Å². The standard InChI is InChI=1S/C6H7NO3S2/c1-11-6-7-5(10)3(12-6)2-4(8)9/h3H,2H2,1H3,(H,8,9). The number of nitrogens with zero attached hydrogens (tertiary/aromatic N) is 1. The molecule has 1 aliphatic rings. The molecule has 1 heterocycles. The lowest BCUT2D eigenvalue weighted by molar-refractivity contribution is -0.138. The minimum absolute atomic E-state index is 0.142. The van der Waals surface area contributed by atoms with Crippen LogP contribution >= 0.6 is 23.5 Å². The number of amides is 1. The Bertz CT molecular complexity index is 251. The predicted octanol–water partition coefficient (Wildman–Crippen LogP) is 0.822. The number of carboxylic acid groups (broad SMARTS) is 1. The third-order valence-electron chi connectivity index (χ3n) is 1.25. The zero-order valence-corrected chi connectivity index (χ0v) is 7.94. The van der Waals surface area contributed by atoms with Gasteiger partial charge in [0.25, 0.3) is 5.91 Å². The smallest absolute Gasteiger partial charge is 0.305 e. The molecule has 1 amide bonds. The second-order valence-corrected chi connectivity index (χ2v) is 4.37. The van der Waals surface area contributed by atoms with Gasteiger partial charge in [-0.25, -0.2) is 0 Å². The highest BCUT2D eigenvalue weighted by Crippen LogP contribution is 2.29. The molecule has 1 unspecified atom stereocenters. The maximum Gasteiger partial charge on any atom is 0.305 e. The lowest BCUT2D eigenvalue weighted by Gasteiger charge is -2.00. The molecule has 1 rings (SSSR count). The summed E-state index contributed by atoms with van der Waals surface area (Å²) < 4.78 is 0.659. The lowest BCUT2D eigenvalue weighted by atomic mass is 10.3. The van der Waals surface area contributed by atoms with Crippen molar-refractivity contribution in [3.05, 3.63) is 0 Å². The van der Waals surface area contributed by atoms with Crippen LogP contribution in [0.4, 0.5) is 0 Å². The summed E-state index contributed by atoms with van der Waals surface area (Å²) in [4.78, 5) is 24.9. The number of aliphatic imine (C=N–C) groups is 1. The van der Waals surface area contributed by atoms with Crippen LogP contribution < -0.4 is 0 Å². The summed E-state index contributed by atoms with van der Waals surface area (Å²) in [6, 6.07) is 0. The van der Waals surface area contributed by atoms with E-state index in [1.807, 2.05) is 6.26 Å². The first-order valence-corrected chi connectivity index (χ1v) is 5.29. The summed E-state index contributed by atoms with van der Waals surface area (Å²) in [5.74, 6) is -1.29. The number of aliphatic carboxylic acids is 1. The minimum Gasteiger partial charge on any atom is -0.481 e. The zero-order valence-electron chi connectivity index (χ0n) is 6.31. The van der Waals surface area contributed by atoms with Crippen LogP contribution in [-0.4, -0.2) is 32.9 Å². The Morgan fingerprint density at radius 2 is 2.50 bits per heavy atom. The fourth-order valence-electron chi connectivity index (χ4n) is 0.742. The summed E-state index contributed by atoms with van der Waals surface area (Å²) in [6.45, 7) is 0. The van der Waals surface area contributed by atoms with Gasteiger partial charge in [0.15, 0.2) is 0 Å². The highest BCUT2D eigenvalue weighted by atomic mass is 32.2. The van der Waals surface area contributed by atoms with E-state index >= 15 is 0 Å². The molecule has 0 saturated heterocycles. The lowest BCUT2D eigenvalue weighted by Crippen LogP contribution is -2.15. The van der Waals surface area contributed by atoms with Crippen molar-refractivity contribution in [3.8, 4) is 0 Å². The molecule has 0 aromatic rings. The van der Waals surface area contributed by atoms with Crippen LogP contribution in [0.5, 0.6) is 0 Å². The van der Waals surface area contributed by atoms with Crippen LogP contribution in [0.3, 0.4) is 0 Å². The Morgan fingerprint density at radius 1 is 1.83 bits per heavy atom. The first kappa shape index (κ1) is 9.60. The van der Waals surface area contributed by atoms with Crippen molar-refractivity contribution in [2.45, 2.75) is 11.7 Å². The highest BCUT2D eigenvalue weighted by molar-refractivity contribution is 8.39. The van der Waals surface area contributed by atoms with E-state index in [0.29, 0.717) is 4.38 Å². The van der Waals surface area contributed by atoms with Crippen LogP contribution in [0.25, 0.3) is 0 Å². The largest absolute Gasteiger partial charge is 0.481 e. The number of hydrogen-bond donors (Lipinski definition) is 1. The van der Waals surface area contributed by atoms with Crippen LogP contribution in [0.1, 0.15) is 6.42 Å². The third kappa shape index (κ3) is 2.25. The molecule has 0 aliphatic carbocycles. The third-order valence-corrected chi connectivity index (χ3v) is 3.43. The summed E-state index contributed by atoms with van der Waals surface area (Å²) in [5, 5.41) is 7.92. The number of carbonyl (C=O) groups excluding carboxylic acids is 1. The first-order chi connectivity index (χ1) is 5.63. The Kier molecular flexibility index (Phi) is 3.16. The average molecular weight is 205 g/mol. The van der Waals surface area contributed by atoms with Crippen LogP contribution in [0.15, 0.2) is 4.99 Å². The van der Waals surface area contributed by atoms with Crippen LogP contribution in [0.2, 0.25) is 0 Å². The number of rotatable bonds is 2. The number of carboxylic acids is 1. The molecule has 6 heteroatoms. The first-order valence-electron chi connectivity index (χ1n) is 3.18. The van der Waals surface area contributed by atoms with Gasteiger partial charge in [-0.2, -0.15) is 4.99 Å². The van der Waals surface area contributed by atoms with Gasteiger partial charge in [0.1, 0.15) is 9.63 Å². The van der Waals surface area contributed by atoms with Gasteiger partial charge in [0, 0.05) is 0 Å². The van der Waals surface area contributed by atoms with E-state index in [2.05, 4.69) is 4.99 Å². The topological polar surface area (TPSA) is 66.7 Å². The van der Waals surface area contributed by atoms with E-state index in [0.717, 1.165) is 0 Å². The van der Waals surface area contributed by atoms with Crippen molar-refractivity contribution in [1.82, 2.24) is 0 Å². The molecule has 0 bridgehead atoms. The van der Waals surface area contributed by atoms with Gasteiger partial charge in [-0.1, -0.05) is 11.8 Å². The van der Waals surface area contributed by atoms with E-state index in [1.165, 1.54) is 23.5 Å². The minimum atomic E-state index is -0.960. The van der Waals surface area contributed by atoms with Gasteiger partial charge in [-0.05, 0) is 6.26 Å². The summed E-state index contributed by atoms with van der Waals surface area (Å²) in [7, 11) is 0. The number of carbonyl (C=O) groups is 2. The van der Waals surface area contributed by atoms with Gasteiger partial charge in [0.05, 0.1) is 6.42 Å². The number of hydrogen-bond acceptors (Lipinski definition) is 4. The SMILES string of the molecule is CSC1=NC(=O)C(CC(=O)O)S1. The summed E-state index contributed by atoms with van der Waals surface area (Å²) >= 11 is 2.60. The van der Waals surface area contributed by atoms with Crippen molar-refractivity contribution in [3.63, 3.8) is 0 Å². The van der Waals surface area contributed by atoms with Crippen molar-refractivity contribution in [1.29, 1.82) is 0 Å². The molecular formula is C6H7NO3S2. The molecule has 0 aromatic heterocycles. The fourth-order valence-corrected chi connectivity index (χ4v) is 2.42. The Balaban J connectivity index is 2.53. The summed E-state index contributed by atoms with van der Waals surface area (Å²) in [5.41, 5.74) is 0. The van der Waals surface area contributed by atoms with Crippen molar-refractivity contribution in [2.24, 2.45) is 4.99 Å². The summed E-state index contributed by atoms with van der Waals surface area (Å²) in [6.07, 6.45) is 1.67. The maximum absolute atomic E-state index is 11.0. The molecule has 1 aliphatic heterocycles. The zero-order chi connectivity index (χ0) is 9.14. The fraction of sp³-hybridized carbons (Fsp3) is 0.500. The van der Waals surface area contributed by atoms with E-state index in [9.17, 15) is 9.59 Å². The van der Waals surface area contributed by atoms with Gasteiger partial charge < -0.3 is 5.11 Å². The Morgan fingerprint density at radius 3 is 2.92 bits per heavy atom. The van der Waals surface area contributed by atoms with Gasteiger partial charge in [0.2, 0.25) is 0 Å². The molecule has 0 spiro atoms. The maximum atomic E-state index is 11.0. The van der Waals surface area contributed by atoms with Gasteiger partial charge in [-0.3, -0.25) is 9.59 Å². The average Bonchev–Trinajstić information content (AvgIpc) is 2.31. The molecule has 0 saturated carbocycles. The van der Waals surface area contributed by atoms with Crippen molar-refractivity contribution in [2.75, 3.05) is 6.26 Å². The molecular weight excluding hydrogens is 198 g/mol. The van der Waals surface area contributed by atoms with E-state index < -0.39 is 11.2 Å². The molecule has 66 valence electrons. The highest BCUT2D eigenvalue weighted by Gasteiger charge is 2.29. The van der Waals surface area contributed by atoms with E-state index in [4.69, 9.17) is 5.11 Å². The normalized spacial score (nSPS) is 22.6. The molecule has 0 fully saturated rings. The molecule has 1 N–H and O–H groups in total. The Hall–Kier alpha value is -0.490. The quantitative estimate of drug-likeness (QED) is 0.723. The second-order valence-electron chi connectivity index (χ2n) is 2.12. The van der Waals surface area contributed by atoms with Gasteiger partial charge in [-0.15, -0.1) is 11.8 Å². The van der Waals surface area contributed by atoms with Crippen molar-refractivity contribution < 1.29 is 14.7 Å². The van der Waals surface area contributed by atoms with Gasteiger partial charge >= 0.3 is 5.97 Å². The predicted molar refractivity (Wildman–Crippen MR) is 49.6 cm³/mol. The molecule has 0 radical (unpaired) electrons. The molecule has 4 nitrogen and oxygen atoms in total. The molecule has 0 aromatic carbocycles. The van der Waals surface area contributed by atoms with E-state index in [1.54, 1.807) is 0 Å². The Labute approximate surface area is 77.8 Å². The number of thioether (sulfide) groups is 2. The monoisotopic (exact) mass is 205 g/mol. The molecule has 12 heavy (non-hydrogen) atoms. The van der Waals surface area contributed by atoms with Crippen LogP contribution in [-0.2, 0) is 9.59 Å².